The Labute approximate surface area is 166 Å². The Kier molecular flexibility index (Phi) is 5.21. The lowest BCUT2D eigenvalue weighted by Crippen LogP contribution is -2.15. The van der Waals surface area contributed by atoms with Crippen LogP contribution in [0.25, 0.3) is 11.5 Å². The van der Waals surface area contributed by atoms with Crippen molar-refractivity contribution in [1.82, 2.24) is 10.2 Å². The maximum absolute atomic E-state index is 12.5. The van der Waals surface area contributed by atoms with Crippen molar-refractivity contribution in [3.05, 3.63) is 48.0 Å². The normalized spacial score (nSPS) is 12.8. The number of aromatic nitrogens is 2. The van der Waals surface area contributed by atoms with E-state index in [0.717, 1.165) is 4.90 Å². The number of carbonyl (C=O) groups is 1. The number of hydrogen-bond acceptors (Lipinski definition) is 7. The van der Waals surface area contributed by atoms with Crippen LogP contribution in [0.5, 0.6) is 11.5 Å². The number of ether oxygens (including phenoxy) is 2. The van der Waals surface area contributed by atoms with Crippen LogP contribution < -0.4 is 14.8 Å². The summed E-state index contributed by atoms with van der Waals surface area (Å²) in [6, 6.07) is 12.8. The Morgan fingerprint density at radius 1 is 1.07 bits per heavy atom. The lowest BCUT2D eigenvalue weighted by molar-refractivity contribution is 0.102. The quantitative estimate of drug-likeness (QED) is 0.644. The van der Waals surface area contributed by atoms with E-state index in [4.69, 9.17) is 13.9 Å². The van der Waals surface area contributed by atoms with E-state index in [1.165, 1.54) is 0 Å². The summed E-state index contributed by atoms with van der Waals surface area (Å²) < 4.78 is 16.7. The summed E-state index contributed by atoms with van der Waals surface area (Å²) in [4.78, 5) is 13.5. The van der Waals surface area contributed by atoms with Crippen molar-refractivity contribution in [2.45, 2.75) is 24.0 Å². The first-order valence-electron chi connectivity index (χ1n) is 8.90. The Morgan fingerprint density at radius 2 is 1.89 bits per heavy atom. The van der Waals surface area contributed by atoms with Crippen LogP contribution in [0.1, 0.15) is 24.2 Å². The zero-order chi connectivity index (χ0) is 19.5. The van der Waals surface area contributed by atoms with Gasteiger partial charge in [-0.25, -0.2) is 0 Å². The molecule has 1 aliphatic rings. The molecular weight excluding hydrogens is 378 g/mol. The van der Waals surface area contributed by atoms with Crippen LogP contribution >= 0.6 is 11.8 Å². The smallest absolute Gasteiger partial charge is 0.322 e. The summed E-state index contributed by atoms with van der Waals surface area (Å²) >= 11 is 1.70. The van der Waals surface area contributed by atoms with Crippen molar-refractivity contribution in [1.29, 1.82) is 0 Å². The fraction of sp³-hybridized carbons (Fsp3) is 0.250. The average molecular weight is 397 g/mol. The summed E-state index contributed by atoms with van der Waals surface area (Å²) in [6.07, 6.45) is 0. The molecule has 3 aromatic rings. The fourth-order valence-electron chi connectivity index (χ4n) is 2.72. The highest BCUT2D eigenvalue weighted by Gasteiger charge is 2.17. The number of amides is 1. The number of carbonyl (C=O) groups excluding carboxylic acids is 1. The van der Waals surface area contributed by atoms with Crippen molar-refractivity contribution in [2.24, 2.45) is 0 Å². The number of thioether (sulfide) groups is 1. The first-order valence-corrected chi connectivity index (χ1v) is 9.78. The van der Waals surface area contributed by atoms with Gasteiger partial charge in [-0.1, -0.05) is 25.0 Å². The Morgan fingerprint density at radius 3 is 2.71 bits per heavy atom. The summed E-state index contributed by atoms with van der Waals surface area (Å²) in [5.41, 5.74) is 1.22. The molecule has 0 spiro atoms. The van der Waals surface area contributed by atoms with Gasteiger partial charge in [0, 0.05) is 21.3 Å². The van der Waals surface area contributed by atoms with Crippen molar-refractivity contribution >= 4 is 23.7 Å². The predicted molar refractivity (Wildman–Crippen MR) is 106 cm³/mol. The molecule has 28 heavy (non-hydrogen) atoms. The van der Waals surface area contributed by atoms with Gasteiger partial charge < -0.3 is 13.9 Å². The molecule has 7 nitrogen and oxygen atoms in total. The molecule has 1 amide bonds. The van der Waals surface area contributed by atoms with E-state index in [1.54, 1.807) is 36.0 Å². The van der Waals surface area contributed by atoms with E-state index < -0.39 is 0 Å². The number of hydrogen-bond donors (Lipinski definition) is 1. The Bertz CT molecular complexity index is 1000. The fourth-order valence-corrected chi connectivity index (χ4v) is 3.62. The molecule has 0 saturated carbocycles. The third kappa shape index (κ3) is 4.12. The molecular formula is C20H19N3O4S. The average Bonchev–Trinajstić information content (AvgIpc) is 3.16. The Balaban J connectivity index is 1.48. The summed E-state index contributed by atoms with van der Waals surface area (Å²) in [5.74, 6) is 1.30. The van der Waals surface area contributed by atoms with Crippen molar-refractivity contribution < 1.29 is 18.7 Å². The van der Waals surface area contributed by atoms with Gasteiger partial charge in [0.2, 0.25) is 5.89 Å². The van der Waals surface area contributed by atoms with Crippen LogP contribution in [0.3, 0.4) is 0 Å². The van der Waals surface area contributed by atoms with Gasteiger partial charge in [-0.05, 0) is 36.4 Å². The molecule has 1 aliphatic heterocycles. The summed E-state index contributed by atoms with van der Waals surface area (Å²) in [5, 5.41) is 11.0. The molecule has 0 atom stereocenters. The van der Waals surface area contributed by atoms with Crippen molar-refractivity contribution in [2.75, 3.05) is 18.5 Å². The number of fused-ring (bicyclic) bond motifs is 1. The zero-order valence-electron chi connectivity index (χ0n) is 15.5. The molecule has 2 heterocycles. The van der Waals surface area contributed by atoms with Crippen LogP contribution in [0.15, 0.2) is 51.8 Å². The van der Waals surface area contributed by atoms with Gasteiger partial charge in [-0.2, -0.15) is 0 Å². The molecule has 1 aromatic heterocycles. The highest BCUT2D eigenvalue weighted by molar-refractivity contribution is 7.99. The molecule has 0 unspecified atom stereocenters. The maximum atomic E-state index is 12.5. The minimum atomic E-state index is -0.302. The van der Waals surface area contributed by atoms with Crippen LogP contribution in [0, 0.1) is 0 Å². The Hall–Kier alpha value is -3.00. The van der Waals surface area contributed by atoms with Crippen LogP contribution in [-0.2, 0) is 0 Å². The molecule has 8 heteroatoms. The summed E-state index contributed by atoms with van der Waals surface area (Å²) in [7, 11) is 0. The predicted octanol–water partition coefficient (Wildman–Crippen LogP) is 4.26. The second kappa shape index (κ2) is 7.93. The third-order valence-corrected chi connectivity index (χ3v) is 4.90. The first-order chi connectivity index (χ1) is 13.6. The van der Waals surface area contributed by atoms with Crippen molar-refractivity contribution in [3.63, 3.8) is 0 Å². The number of benzene rings is 2. The first kappa shape index (κ1) is 18.4. The number of rotatable bonds is 5. The van der Waals surface area contributed by atoms with Gasteiger partial charge in [0.15, 0.2) is 11.5 Å². The van der Waals surface area contributed by atoms with E-state index in [2.05, 4.69) is 29.4 Å². The van der Waals surface area contributed by atoms with E-state index in [1.807, 2.05) is 18.2 Å². The van der Waals surface area contributed by atoms with Crippen LogP contribution in [-0.4, -0.2) is 34.6 Å². The van der Waals surface area contributed by atoms with Gasteiger partial charge >= 0.3 is 6.01 Å². The van der Waals surface area contributed by atoms with Gasteiger partial charge in [0.25, 0.3) is 5.91 Å². The molecule has 0 saturated heterocycles. The minimum absolute atomic E-state index is 0.0387. The maximum Gasteiger partial charge on any atom is 0.322 e. The molecule has 0 bridgehead atoms. The van der Waals surface area contributed by atoms with Crippen LogP contribution in [0.2, 0.25) is 0 Å². The largest absolute Gasteiger partial charge is 0.486 e. The molecule has 144 valence electrons. The standard InChI is InChI=1S/C20H19N3O4S/c1-12(2)28-15-5-3-4-13(10-15)18(24)21-20-23-22-19(27-20)14-6-7-16-17(11-14)26-9-8-25-16/h3-7,10-12H,8-9H2,1-2H3,(H,21,23,24). The van der Waals surface area contributed by atoms with Crippen molar-refractivity contribution in [3.8, 4) is 23.0 Å². The number of nitrogens with zero attached hydrogens (tertiary/aromatic N) is 2. The number of anilines is 1. The molecule has 0 fully saturated rings. The minimum Gasteiger partial charge on any atom is -0.486 e. The molecule has 0 radical (unpaired) electrons. The second-order valence-electron chi connectivity index (χ2n) is 6.42. The van der Waals surface area contributed by atoms with Gasteiger partial charge in [0.1, 0.15) is 13.2 Å². The number of nitrogens with one attached hydrogen (secondary N) is 1. The highest BCUT2D eigenvalue weighted by Crippen LogP contribution is 2.34. The van der Waals surface area contributed by atoms with E-state index >= 15 is 0 Å². The lowest BCUT2D eigenvalue weighted by atomic mass is 10.2. The van der Waals surface area contributed by atoms with Gasteiger partial charge in [-0.15, -0.1) is 16.9 Å². The van der Waals surface area contributed by atoms with E-state index in [0.29, 0.717) is 41.1 Å². The molecule has 1 N–H and O–H groups in total. The van der Waals surface area contributed by atoms with Crippen LogP contribution in [0.4, 0.5) is 6.01 Å². The molecule has 0 aliphatic carbocycles. The highest BCUT2D eigenvalue weighted by atomic mass is 32.2. The van der Waals surface area contributed by atoms with Gasteiger partial charge in [-0.3, -0.25) is 10.1 Å². The summed E-state index contributed by atoms with van der Waals surface area (Å²) in [6.45, 7) is 5.24. The zero-order valence-corrected chi connectivity index (χ0v) is 16.3. The third-order valence-electron chi connectivity index (χ3n) is 3.90. The molecule has 2 aromatic carbocycles. The topological polar surface area (TPSA) is 86.5 Å². The lowest BCUT2D eigenvalue weighted by Gasteiger charge is -2.18. The second-order valence-corrected chi connectivity index (χ2v) is 8.07. The SMILES string of the molecule is CC(C)Sc1cccc(C(=O)Nc2nnc(-c3ccc4c(c3)OCCO4)o2)c1. The van der Waals surface area contributed by atoms with E-state index in [9.17, 15) is 4.79 Å². The van der Waals surface area contributed by atoms with Gasteiger partial charge in [0.05, 0.1) is 0 Å². The monoisotopic (exact) mass is 397 g/mol. The molecule has 4 rings (SSSR count). The van der Waals surface area contributed by atoms with E-state index in [-0.39, 0.29) is 17.8 Å².